The summed E-state index contributed by atoms with van der Waals surface area (Å²) < 4.78 is 9.90. The van der Waals surface area contributed by atoms with Crippen molar-refractivity contribution in [2.75, 3.05) is 13.2 Å². The van der Waals surface area contributed by atoms with Gasteiger partial charge in [0.25, 0.3) is 0 Å². The van der Waals surface area contributed by atoms with E-state index in [-0.39, 0.29) is 30.1 Å². The lowest BCUT2D eigenvalue weighted by Gasteiger charge is -2.06. The molecule has 0 heterocycles. The average molecular weight is 302 g/mol. The molecular formula is C16H14O6. The molecule has 0 fully saturated rings. The van der Waals surface area contributed by atoms with Crippen LogP contribution in [0.1, 0.15) is 20.7 Å². The number of ether oxygens (including phenoxy) is 2. The van der Waals surface area contributed by atoms with Gasteiger partial charge >= 0.3 is 11.9 Å². The lowest BCUT2D eigenvalue weighted by molar-refractivity contribution is 0.0398. The van der Waals surface area contributed by atoms with Crippen molar-refractivity contribution in [2.45, 2.75) is 0 Å². The molecule has 6 nitrogen and oxygen atoms in total. The Hall–Kier alpha value is -2.86. The van der Waals surface area contributed by atoms with E-state index in [1.807, 2.05) is 0 Å². The molecular weight excluding hydrogens is 288 g/mol. The van der Waals surface area contributed by atoms with Crippen LogP contribution in [0.5, 0.6) is 11.5 Å². The number of benzene rings is 2. The van der Waals surface area contributed by atoms with E-state index < -0.39 is 11.9 Å². The lowest BCUT2D eigenvalue weighted by Crippen LogP contribution is -2.12. The van der Waals surface area contributed by atoms with E-state index in [4.69, 9.17) is 19.7 Å². The van der Waals surface area contributed by atoms with Crippen LogP contribution in [0.2, 0.25) is 0 Å². The minimum absolute atomic E-state index is 0.0151. The van der Waals surface area contributed by atoms with Gasteiger partial charge < -0.3 is 19.7 Å². The molecule has 0 unspecified atom stereocenters. The van der Waals surface area contributed by atoms with Gasteiger partial charge in [-0.2, -0.15) is 0 Å². The van der Waals surface area contributed by atoms with Gasteiger partial charge in [-0.05, 0) is 48.5 Å². The van der Waals surface area contributed by atoms with Crippen molar-refractivity contribution in [3.63, 3.8) is 0 Å². The second-order valence-corrected chi connectivity index (χ2v) is 4.32. The molecule has 0 aliphatic rings. The number of aliphatic hydroxyl groups is 1. The number of hydrogen-bond donors (Lipinski definition) is 2. The Morgan fingerprint density at radius 1 is 0.864 bits per heavy atom. The molecule has 0 aromatic heterocycles. The monoisotopic (exact) mass is 302 g/mol. The Bertz CT molecular complexity index is 645. The second kappa shape index (κ2) is 7.24. The van der Waals surface area contributed by atoms with Gasteiger partial charge in [0.05, 0.1) is 17.7 Å². The van der Waals surface area contributed by atoms with Crippen LogP contribution in [-0.2, 0) is 4.74 Å². The fourth-order valence-electron chi connectivity index (χ4n) is 1.65. The maximum atomic E-state index is 11.8. The van der Waals surface area contributed by atoms with Crippen LogP contribution in [0.25, 0.3) is 0 Å². The Kier molecular flexibility index (Phi) is 5.11. The van der Waals surface area contributed by atoms with Gasteiger partial charge in [-0.3, -0.25) is 0 Å². The number of esters is 2. The first kappa shape index (κ1) is 15.5. The van der Waals surface area contributed by atoms with Crippen LogP contribution >= 0.6 is 0 Å². The van der Waals surface area contributed by atoms with Crippen LogP contribution in [0.4, 0.5) is 0 Å². The molecule has 0 bridgehead atoms. The maximum Gasteiger partial charge on any atom is 0.346 e. The number of carbonyl (C=O) groups excluding carboxylic acids is 2. The number of carbonyl (C=O) groups is 2. The summed E-state index contributed by atoms with van der Waals surface area (Å²) in [6.07, 6.45) is 0. The third-order valence-electron chi connectivity index (χ3n) is 2.74. The van der Waals surface area contributed by atoms with Gasteiger partial charge in [0.1, 0.15) is 18.1 Å². The van der Waals surface area contributed by atoms with E-state index >= 15 is 0 Å². The fraction of sp³-hybridized carbons (Fsp3) is 0.125. The van der Waals surface area contributed by atoms with Crippen molar-refractivity contribution < 1.29 is 29.3 Å². The first-order chi connectivity index (χ1) is 10.6. The number of phenols is 1. The summed E-state index contributed by atoms with van der Waals surface area (Å²) in [5.74, 6) is -1.07. The Balaban J connectivity index is 1.99. The van der Waals surface area contributed by atoms with E-state index in [1.165, 1.54) is 48.5 Å². The summed E-state index contributed by atoms with van der Waals surface area (Å²) in [6, 6.07) is 11.4. The second-order valence-electron chi connectivity index (χ2n) is 4.32. The molecule has 0 aliphatic carbocycles. The molecule has 0 atom stereocenters. The van der Waals surface area contributed by atoms with Crippen molar-refractivity contribution in [3.8, 4) is 11.5 Å². The molecule has 2 aromatic rings. The fourth-order valence-corrected chi connectivity index (χ4v) is 1.65. The summed E-state index contributed by atoms with van der Waals surface area (Å²) in [7, 11) is 0. The van der Waals surface area contributed by atoms with E-state index in [0.29, 0.717) is 5.75 Å². The van der Waals surface area contributed by atoms with Gasteiger partial charge in [-0.25, -0.2) is 9.59 Å². The zero-order valence-corrected chi connectivity index (χ0v) is 11.6. The molecule has 0 spiro atoms. The van der Waals surface area contributed by atoms with Gasteiger partial charge in [-0.1, -0.05) is 0 Å². The van der Waals surface area contributed by atoms with Crippen LogP contribution in [-0.4, -0.2) is 35.4 Å². The van der Waals surface area contributed by atoms with Crippen molar-refractivity contribution >= 4 is 11.9 Å². The SMILES string of the molecule is O=C(OC(=O)c1ccc(OCCO)cc1)c1ccc(O)cc1. The Morgan fingerprint density at radius 2 is 1.36 bits per heavy atom. The Morgan fingerprint density at radius 3 is 1.86 bits per heavy atom. The molecule has 2 N–H and O–H groups in total. The van der Waals surface area contributed by atoms with E-state index in [9.17, 15) is 9.59 Å². The number of aromatic hydroxyl groups is 1. The highest BCUT2D eigenvalue weighted by Crippen LogP contribution is 2.15. The zero-order chi connectivity index (χ0) is 15.9. The minimum atomic E-state index is -0.800. The molecule has 0 saturated heterocycles. The maximum absolute atomic E-state index is 11.8. The topological polar surface area (TPSA) is 93.1 Å². The number of hydrogen-bond acceptors (Lipinski definition) is 6. The van der Waals surface area contributed by atoms with E-state index in [0.717, 1.165) is 0 Å². The molecule has 22 heavy (non-hydrogen) atoms. The Labute approximate surface area is 126 Å². The third kappa shape index (κ3) is 4.07. The van der Waals surface area contributed by atoms with Crippen molar-refractivity contribution in [1.82, 2.24) is 0 Å². The van der Waals surface area contributed by atoms with Crippen LogP contribution in [0, 0.1) is 0 Å². The van der Waals surface area contributed by atoms with E-state index in [2.05, 4.69) is 0 Å². The predicted molar refractivity (Wildman–Crippen MR) is 76.9 cm³/mol. The first-order valence-corrected chi connectivity index (χ1v) is 6.49. The molecule has 114 valence electrons. The molecule has 0 aliphatic heterocycles. The highest BCUT2D eigenvalue weighted by atomic mass is 16.6. The third-order valence-corrected chi connectivity index (χ3v) is 2.74. The summed E-state index contributed by atoms with van der Waals surface area (Å²) >= 11 is 0. The number of rotatable bonds is 5. The van der Waals surface area contributed by atoms with Crippen LogP contribution < -0.4 is 4.74 Å². The molecule has 2 aromatic carbocycles. The summed E-state index contributed by atoms with van der Waals surface area (Å²) in [5, 5.41) is 17.8. The molecule has 0 radical (unpaired) electrons. The molecule has 0 saturated carbocycles. The highest BCUT2D eigenvalue weighted by molar-refractivity contribution is 6.02. The normalized spacial score (nSPS) is 10.0. The van der Waals surface area contributed by atoms with Crippen LogP contribution in [0.15, 0.2) is 48.5 Å². The number of aliphatic hydroxyl groups excluding tert-OH is 1. The van der Waals surface area contributed by atoms with Crippen molar-refractivity contribution in [3.05, 3.63) is 59.7 Å². The molecule has 0 amide bonds. The summed E-state index contributed by atoms with van der Waals surface area (Å²) in [6.45, 7) is 0.0497. The summed E-state index contributed by atoms with van der Waals surface area (Å²) in [4.78, 5) is 23.6. The van der Waals surface area contributed by atoms with Crippen LogP contribution in [0.3, 0.4) is 0 Å². The standard InChI is InChI=1S/C16H14O6/c17-9-10-21-14-7-3-12(4-8-14)16(20)22-15(19)11-1-5-13(18)6-2-11/h1-8,17-18H,9-10H2. The largest absolute Gasteiger partial charge is 0.508 e. The summed E-state index contributed by atoms with van der Waals surface area (Å²) in [5.41, 5.74) is 0.359. The first-order valence-electron chi connectivity index (χ1n) is 6.49. The minimum Gasteiger partial charge on any atom is -0.508 e. The predicted octanol–water partition coefficient (Wildman–Crippen LogP) is 1.76. The van der Waals surface area contributed by atoms with Crippen molar-refractivity contribution in [1.29, 1.82) is 0 Å². The highest BCUT2D eigenvalue weighted by Gasteiger charge is 2.15. The average Bonchev–Trinajstić information content (AvgIpc) is 2.54. The molecule has 6 heteroatoms. The van der Waals surface area contributed by atoms with E-state index in [1.54, 1.807) is 0 Å². The van der Waals surface area contributed by atoms with Gasteiger partial charge in [0.2, 0.25) is 0 Å². The number of phenolic OH excluding ortho intramolecular Hbond substituents is 1. The van der Waals surface area contributed by atoms with Gasteiger partial charge in [0, 0.05) is 0 Å². The zero-order valence-electron chi connectivity index (χ0n) is 11.6. The molecule has 2 rings (SSSR count). The smallest absolute Gasteiger partial charge is 0.346 e. The quantitative estimate of drug-likeness (QED) is 0.646. The lowest BCUT2D eigenvalue weighted by atomic mass is 10.2. The van der Waals surface area contributed by atoms with Gasteiger partial charge in [-0.15, -0.1) is 0 Å². The van der Waals surface area contributed by atoms with Gasteiger partial charge in [0.15, 0.2) is 0 Å². The van der Waals surface area contributed by atoms with Crippen molar-refractivity contribution in [2.24, 2.45) is 0 Å².